The van der Waals surface area contributed by atoms with E-state index in [4.69, 9.17) is 11.6 Å². The number of halogens is 2. The molecule has 1 heterocycles. The third-order valence-corrected chi connectivity index (χ3v) is 4.93. The minimum Gasteiger partial charge on any atom is -0.207 e. The summed E-state index contributed by atoms with van der Waals surface area (Å²) < 4.78 is 16.1. The van der Waals surface area contributed by atoms with Crippen LogP contribution >= 0.6 is 22.9 Å². The number of hydrogen-bond donors (Lipinski definition) is 0. The van der Waals surface area contributed by atoms with Crippen LogP contribution in [0.4, 0.5) is 4.39 Å². The summed E-state index contributed by atoms with van der Waals surface area (Å²) in [7, 11) is 0. The average molecular weight is 313 g/mol. The van der Waals surface area contributed by atoms with E-state index in [1.165, 1.54) is 32.3 Å². The minimum absolute atomic E-state index is 0.311. The first-order valence-electron chi connectivity index (χ1n) is 6.59. The van der Waals surface area contributed by atoms with Gasteiger partial charge in [0.05, 0.1) is 0 Å². The summed E-state index contributed by atoms with van der Waals surface area (Å²) in [5.74, 6) is -0.311. The molecule has 0 saturated heterocycles. The van der Waals surface area contributed by atoms with E-state index in [0.29, 0.717) is 5.02 Å². The SMILES string of the molecule is Fc1cc(Cl)cc(-c2cccc3sc4ccccc4c23)c1. The maximum absolute atomic E-state index is 13.7. The fraction of sp³-hybridized carbons (Fsp3) is 0. The molecule has 0 nitrogen and oxygen atoms in total. The van der Waals surface area contributed by atoms with Crippen LogP contribution < -0.4 is 0 Å². The van der Waals surface area contributed by atoms with Gasteiger partial charge in [-0.15, -0.1) is 11.3 Å². The summed E-state index contributed by atoms with van der Waals surface area (Å²) in [5, 5.41) is 2.79. The second-order valence-electron chi connectivity index (χ2n) is 4.94. The number of rotatable bonds is 1. The zero-order chi connectivity index (χ0) is 14.4. The second-order valence-corrected chi connectivity index (χ2v) is 6.46. The average Bonchev–Trinajstić information content (AvgIpc) is 2.84. The Labute approximate surface area is 130 Å². The molecule has 4 aromatic rings. The highest BCUT2D eigenvalue weighted by molar-refractivity contribution is 7.25. The van der Waals surface area contributed by atoms with Gasteiger partial charge < -0.3 is 0 Å². The molecule has 0 fully saturated rings. The Bertz CT molecular complexity index is 951. The van der Waals surface area contributed by atoms with Gasteiger partial charge in [-0.05, 0) is 41.5 Å². The van der Waals surface area contributed by atoms with Gasteiger partial charge in [0.2, 0.25) is 0 Å². The monoisotopic (exact) mass is 312 g/mol. The summed E-state index contributed by atoms with van der Waals surface area (Å²) in [6, 6.07) is 19.1. The van der Waals surface area contributed by atoms with Crippen molar-refractivity contribution < 1.29 is 4.39 Å². The van der Waals surface area contributed by atoms with Crippen molar-refractivity contribution in [2.45, 2.75) is 0 Å². The van der Waals surface area contributed by atoms with Crippen LogP contribution in [0, 0.1) is 5.82 Å². The summed E-state index contributed by atoms with van der Waals surface area (Å²) >= 11 is 7.76. The maximum atomic E-state index is 13.7. The molecular formula is C18H10ClFS. The van der Waals surface area contributed by atoms with Crippen molar-refractivity contribution in [3.8, 4) is 11.1 Å². The van der Waals surface area contributed by atoms with E-state index in [1.54, 1.807) is 11.3 Å². The minimum atomic E-state index is -0.311. The van der Waals surface area contributed by atoms with Crippen molar-refractivity contribution in [2.24, 2.45) is 0 Å². The normalized spacial score (nSPS) is 11.3. The van der Waals surface area contributed by atoms with Crippen LogP contribution in [-0.2, 0) is 0 Å². The van der Waals surface area contributed by atoms with Gasteiger partial charge in [-0.25, -0.2) is 4.39 Å². The molecule has 3 aromatic carbocycles. The van der Waals surface area contributed by atoms with Gasteiger partial charge in [0.1, 0.15) is 5.82 Å². The van der Waals surface area contributed by atoms with Crippen molar-refractivity contribution in [3.63, 3.8) is 0 Å². The second kappa shape index (κ2) is 4.83. The van der Waals surface area contributed by atoms with Gasteiger partial charge in [0, 0.05) is 25.2 Å². The molecule has 1 aromatic heterocycles. The quantitative estimate of drug-likeness (QED) is 0.375. The smallest absolute Gasteiger partial charge is 0.125 e. The molecule has 0 unspecified atom stereocenters. The van der Waals surface area contributed by atoms with Crippen LogP contribution in [-0.4, -0.2) is 0 Å². The predicted octanol–water partition coefficient (Wildman–Crippen LogP) is 6.51. The molecule has 0 amide bonds. The van der Waals surface area contributed by atoms with Crippen molar-refractivity contribution in [1.29, 1.82) is 0 Å². The molecule has 0 aliphatic carbocycles. The first-order valence-corrected chi connectivity index (χ1v) is 7.78. The molecule has 0 spiro atoms. The molecule has 0 saturated carbocycles. The van der Waals surface area contributed by atoms with E-state index in [0.717, 1.165) is 11.1 Å². The summed E-state index contributed by atoms with van der Waals surface area (Å²) in [6.07, 6.45) is 0. The molecule has 21 heavy (non-hydrogen) atoms. The Balaban J connectivity index is 2.13. The van der Waals surface area contributed by atoms with Gasteiger partial charge in [0.25, 0.3) is 0 Å². The highest BCUT2D eigenvalue weighted by Gasteiger charge is 2.11. The van der Waals surface area contributed by atoms with Crippen molar-refractivity contribution in [1.82, 2.24) is 0 Å². The molecule has 0 N–H and O–H groups in total. The first kappa shape index (κ1) is 12.8. The zero-order valence-electron chi connectivity index (χ0n) is 10.9. The van der Waals surface area contributed by atoms with E-state index < -0.39 is 0 Å². The van der Waals surface area contributed by atoms with Crippen molar-refractivity contribution in [3.05, 3.63) is 71.5 Å². The van der Waals surface area contributed by atoms with E-state index in [9.17, 15) is 4.39 Å². The number of fused-ring (bicyclic) bond motifs is 3. The van der Waals surface area contributed by atoms with Crippen molar-refractivity contribution in [2.75, 3.05) is 0 Å². The van der Waals surface area contributed by atoms with E-state index in [1.807, 2.05) is 30.3 Å². The molecular weight excluding hydrogens is 303 g/mol. The predicted molar refractivity (Wildman–Crippen MR) is 89.7 cm³/mol. The zero-order valence-corrected chi connectivity index (χ0v) is 12.5. The summed E-state index contributed by atoms with van der Waals surface area (Å²) in [5.41, 5.74) is 1.83. The number of benzene rings is 3. The molecule has 102 valence electrons. The maximum Gasteiger partial charge on any atom is 0.125 e. The fourth-order valence-electron chi connectivity index (χ4n) is 2.72. The molecule has 0 bridgehead atoms. The lowest BCUT2D eigenvalue weighted by Crippen LogP contribution is -1.82. The van der Waals surface area contributed by atoms with Gasteiger partial charge >= 0.3 is 0 Å². The molecule has 0 atom stereocenters. The standard InChI is InChI=1S/C18H10ClFS/c19-12-8-11(9-13(20)10-12)14-5-3-7-17-18(14)15-4-1-2-6-16(15)21-17/h1-10H. The van der Waals surface area contributed by atoms with E-state index in [2.05, 4.69) is 18.2 Å². The highest BCUT2D eigenvalue weighted by Crippen LogP contribution is 2.40. The Kier molecular flexibility index (Phi) is 2.95. The third-order valence-electron chi connectivity index (χ3n) is 3.58. The highest BCUT2D eigenvalue weighted by atomic mass is 35.5. The Morgan fingerprint density at radius 1 is 0.857 bits per heavy atom. The van der Waals surface area contributed by atoms with Gasteiger partial charge in [-0.1, -0.05) is 41.9 Å². The number of hydrogen-bond acceptors (Lipinski definition) is 1. The van der Waals surface area contributed by atoms with Crippen LogP contribution in [0.2, 0.25) is 5.02 Å². The largest absolute Gasteiger partial charge is 0.207 e. The molecule has 3 heteroatoms. The Morgan fingerprint density at radius 3 is 2.52 bits per heavy atom. The topological polar surface area (TPSA) is 0 Å². The van der Waals surface area contributed by atoms with Crippen LogP contribution in [0.1, 0.15) is 0 Å². The summed E-state index contributed by atoms with van der Waals surface area (Å²) in [4.78, 5) is 0. The lowest BCUT2D eigenvalue weighted by molar-refractivity contribution is 0.628. The summed E-state index contributed by atoms with van der Waals surface area (Å²) in [6.45, 7) is 0. The van der Waals surface area contributed by atoms with Crippen LogP contribution in [0.5, 0.6) is 0 Å². The lowest BCUT2D eigenvalue weighted by atomic mass is 9.99. The fourth-order valence-corrected chi connectivity index (χ4v) is 4.08. The van der Waals surface area contributed by atoms with E-state index >= 15 is 0 Å². The van der Waals surface area contributed by atoms with Crippen LogP contribution in [0.3, 0.4) is 0 Å². The van der Waals surface area contributed by atoms with Crippen molar-refractivity contribution >= 4 is 43.1 Å². The van der Waals surface area contributed by atoms with Gasteiger partial charge in [0.15, 0.2) is 0 Å². The first-order chi connectivity index (χ1) is 10.2. The molecule has 0 aliphatic heterocycles. The Morgan fingerprint density at radius 2 is 1.67 bits per heavy atom. The molecule has 4 rings (SSSR count). The van der Waals surface area contributed by atoms with Gasteiger partial charge in [-0.2, -0.15) is 0 Å². The van der Waals surface area contributed by atoms with Gasteiger partial charge in [-0.3, -0.25) is 0 Å². The Hall–Kier alpha value is -1.90. The van der Waals surface area contributed by atoms with Crippen LogP contribution in [0.25, 0.3) is 31.3 Å². The van der Waals surface area contributed by atoms with Crippen LogP contribution in [0.15, 0.2) is 60.7 Å². The molecule has 0 aliphatic rings. The lowest BCUT2D eigenvalue weighted by Gasteiger charge is -2.06. The third kappa shape index (κ3) is 2.11. The van der Waals surface area contributed by atoms with E-state index in [-0.39, 0.29) is 5.82 Å². The molecule has 0 radical (unpaired) electrons. The number of thiophene rings is 1.